The van der Waals surface area contributed by atoms with Crippen LogP contribution in [0.5, 0.6) is 0 Å². The summed E-state index contributed by atoms with van der Waals surface area (Å²) >= 11 is 0. The standard InChI is InChI=1S/C18H23N5O2/c1-12-4-3-5-14(19-12)18(24)22-9-8-15-17(16(22)11-25-2)20-21-23(15)10-13-6-7-13/h3-5,13,16H,6-11H2,1-2H3. The maximum Gasteiger partial charge on any atom is 0.273 e. The molecule has 0 aromatic carbocycles. The van der Waals surface area contributed by atoms with E-state index < -0.39 is 0 Å². The van der Waals surface area contributed by atoms with Gasteiger partial charge in [-0.1, -0.05) is 11.3 Å². The Bertz CT molecular complexity index is 784. The van der Waals surface area contributed by atoms with Crippen molar-refractivity contribution >= 4 is 5.91 Å². The lowest BCUT2D eigenvalue weighted by Crippen LogP contribution is -2.42. The molecule has 2 aliphatic rings. The number of aromatic nitrogens is 4. The van der Waals surface area contributed by atoms with Crippen LogP contribution in [-0.4, -0.2) is 51.0 Å². The van der Waals surface area contributed by atoms with Crippen molar-refractivity contribution in [1.82, 2.24) is 24.9 Å². The van der Waals surface area contributed by atoms with Crippen molar-refractivity contribution in [2.45, 2.75) is 38.8 Å². The highest BCUT2D eigenvalue weighted by Gasteiger charge is 2.36. The molecule has 1 saturated carbocycles. The average molecular weight is 341 g/mol. The lowest BCUT2D eigenvalue weighted by Gasteiger charge is -2.34. The van der Waals surface area contributed by atoms with Crippen LogP contribution in [0, 0.1) is 12.8 Å². The minimum atomic E-state index is -0.212. The Morgan fingerprint density at radius 3 is 2.92 bits per heavy atom. The Morgan fingerprint density at radius 1 is 1.36 bits per heavy atom. The van der Waals surface area contributed by atoms with Gasteiger partial charge in [0.25, 0.3) is 5.91 Å². The Labute approximate surface area is 147 Å². The van der Waals surface area contributed by atoms with Crippen molar-refractivity contribution in [3.05, 3.63) is 41.0 Å². The van der Waals surface area contributed by atoms with E-state index in [4.69, 9.17) is 4.74 Å². The topological polar surface area (TPSA) is 73.1 Å². The molecule has 1 aliphatic heterocycles. The first kappa shape index (κ1) is 16.2. The Balaban J connectivity index is 1.62. The van der Waals surface area contributed by atoms with Gasteiger partial charge in [0.15, 0.2) is 0 Å². The number of methoxy groups -OCH3 is 1. The molecule has 0 saturated heterocycles. The summed E-state index contributed by atoms with van der Waals surface area (Å²) in [6.45, 7) is 3.87. The number of hydrogen-bond acceptors (Lipinski definition) is 5. The van der Waals surface area contributed by atoms with Crippen molar-refractivity contribution in [2.75, 3.05) is 20.3 Å². The van der Waals surface area contributed by atoms with Gasteiger partial charge in [-0.3, -0.25) is 4.79 Å². The van der Waals surface area contributed by atoms with Crippen molar-refractivity contribution in [3.63, 3.8) is 0 Å². The van der Waals surface area contributed by atoms with Gasteiger partial charge in [-0.25, -0.2) is 9.67 Å². The number of nitrogens with zero attached hydrogens (tertiary/aromatic N) is 5. The Hall–Kier alpha value is -2.28. The molecule has 0 spiro atoms. The summed E-state index contributed by atoms with van der Waals surface area (Å²) in [5, 5.41) is 8.75. The van der Waals surface area contributed by atoms with E-state index in [1.807, 2.05) is 28.6 Å². The summed E-state index contributed by atoms with van der Waals surface area (Å²) in [6, 6.07) is 5.30. The maximum absolute atomic E-state index is 13.0. The van der Waals surface area contributed by atoms with Gasteiger partial charge in [-0.15, -0.1) is 5.10 Å². The van der Waals surface area contributed by atoms with Gasteiger partial charge >= 0.3 is 0 Å². The molecule has 25 heavy (non-hydrogen) atoms. The first-order valence-corrected chi connectivity index (χ1v) is 8.83. The molecular weight excluding hydrogens is 318 g/mol. The number of ether oxygens (including phenoxy) is 1. The molecule has 2 aromatic rings. The van der Waals surface area contributed by atoms with E-state index in [1.165, 1.54) is 12.8 Å². The van der Waals surface area contributed by atoms with Crippen molar-refractivity contribution in [1.29, 1.82) is 0 Å². The highest BCUT2D eigenvalue weighted by molar-refractivity contribution is 5.92. The van der Waals surface area contributed by atoms with Gasteiger partial charge in [0, 0.05) is 32.3 Å². The minimum absolute atomic E-state index is 0.0758. The number of rotatable bonds is 5. The highest BCUT2D eigenvalue weighted by Crippen LogP contribution is 2.34. The molecule has 0 N–H and O–H groups in total. The second-order valence-corrected chi connectivity index (χ2v) is 6.93. The molecule has 0 bridgehead atoms. The third kappa shape index (κ3) is 3.16. The summed E-state index contributed by atoms with van der Waals surface area (Å²) < 4.78 is 7.42. The smallest absolute Gasteiger partial charge is 0.273 e. The fourth-order valence-electron chi connectivity index (χ4n) is 3.46. The van der Waals surface area contributed by atoms with Crippen LogP contribution < -0.4 is 0 Å². The van der Waals surface area contributed by atoms with Gasteiger partial charge in [0.2, 0.25) is 0 Å². The third-order valence-electron chi connectivity index (χ3n) is 4.97. The molecule has 1 atom stereocenters. The molecule has 3 heterocycles. The van der Waals surface area contributed by atoms with Crippen molar-refractivity contribution in [2.24, 2.45) is 5.92 Å². The number of pyridine rings is 1. The van der Waals surface area contributed by atoms with Crippen LogP contribution in [0.4, 0.5) is 0 Å². The number of amides is 1. The fraction of sp³-hybridized carbons (Fsp3) is 0.556. The molecule has 2 aromatic heterocycles. The van der Waals surface area contributed by atoms with E-state index in [0.717, 1.165) is 36.0 Å². The first-order chi connectivity index (χ1) is 12.2. The van der Waals surface area contributed by atoms with Gasteiger partial charge in [0.05, 0.1) is 12.3 Å². The van der Waals surface area contributed by atoms with Crippen LogP contribution in [0.3, 0.4) is 0 Å². The predicted molar refractivity (Wildman–Crippen MR) is 91.1 cm³/mol. The van der Waals surface area contributed by atoms with Crippen LogP contribution in [0.2, 0.25) is 0 Å². The zero-order chi connectivity index (χ0) is 17.4. The maximum atomic E-state index is 13.0. The van der Waals surface area contributed by atoms with Gasteiger partial charge in [0.1, 0.15) is 17.4 Å². The molecule has 1 amide bonds. The SMILES string of the molecule is COCC1c2nnn(CC3CC3)c2CCN1C(=O)c1cccc(C)n1. The second-order valence-electron chi connectivity index (χ2n) is 6.93. The zero-order valence-corrected chi connectivity index (χ0v) is 14.7. The van der Waals surface area contributed by atoms with E-state index >= 15 is 0 Å². The van der Waals surface area contributed by atoms with Crippen LogP contribution in [-0.2, 0) is 17.7 Å². The first-order valence-electron chi connectivity index (χ1n) is 8.83. The van der Waals surface area contributed by atoms with Gasteiger partial charge in [-0.2, -0.15) is 0 Å². The molecule has 7 nitrogen and oxygen atoms in total. The number of carbonyl (C=O) groups is 1. The average Bonchev–Trinajstić information content (AvgIpc) is 3.34. The van der Waals surface area contributed by atoms with E-state index in [-0.39, 0.29) is 11.9 Å². The largest absolute Gasteiger partial charge is 0.382 e. The van der Waals surface area contributed by atoms with Crippen molar-refractivity contribution in [3.8, 4) is 0 Å². The van der Waals surface area contributed by atoms with Crippen LogP contribution in [0.25, 0.3) is 0 Å². The fourth-order valence-corrected chi connectivity index (χ4v) is 3.46. The van der Waals surface area contributed by atoms with E-state index in [2.05, 4.69) is 15.3 Å². The van der Waals surface area contributed by atoms with Crippen LogP contribution in [0.1, 0.15) is 46.5 Å². The summed E-state index contributed by atoms with van der Waals surface area (Å²) in [7, 11) is 1.65. The normalized spacial score (nSPS) is 19.8. The van der Waals surface area contributed by atoms with Gasteiger partial charge < -0.3 is 9.64 Å². The summed E-state index contributed by atoms with van der Waals surface area (Å²) in [6.07, 6.45) is 3.33. The van der Waals surface area contributed by atoms with Crippen LogP contribution >= 0.6 is 0 Å². The number of carbonyl (C=O) groups excluding carboxylic acids is 1. The zero-order valence-electron chi connectivity index (χ0n) is 14.7. The lowest BCUT2D eigenvalue weighted by atomic mass is 10.0. The number of fused-ring (bicyclic) bond motifs is 1. The highest BCUT2D eigenvalue weighted by atomic mass is 16.5. The van der Waals surface area contributed by atoms with Crippen molar-refractivity contribution < 1.29 is 9.53 Å². The predicted octanol–water partition coefficient (Wildman–Crippen LogP) is 1.78. The van der Waals surface area contributed by atoms with E-state index in [0.29, 0.717) is 18.8 Å². The number of hydrogen-bond donors (Lipinski definition) is 0. The van der Waals surface area contributed by atoms with E-state index in [9.17, 15) is 4.79 Å². The Morgan fingerprint density at radius 2 is 2.20 bits per heavy atom. The third-order valence-corrected chi connectivity index (χ3v) is 4.97. The summed E-state index contributed by atoms with van der Waals surface area (Å²) in [5.74, 6) is 0.663. The monoisotopic (exact) mass is 341 g/mol. The quantitative estimate of drug-likeness (QED) is 0.829. The van der Waals surface area contributed by atoms with E-state index in [1.54, 1.807) is 13.2 Å². The molecule has 4 rings (SSSR count). The minimum Gasteiger partial charge on any atom is -0.382 e. The Kier molecular flexibility index (Phi) is 4.25. The molecule has 7 heteroatoms. The molecule has 0 radical (unpaired) electrons. The summed E-state index contributed by atoms with van der Waals surface area (Å²) in [4.78, 5) is 19.2. The molecular formula is C18H23N5O2. The summed E-state index contributed by atoms with van der Waals surface area (Å²) in [5.41, 5.74) is 3.32. The lowest BCUT2D eigenvalue weighted by molar-refractivity contribution is 0.0484. The number of aryl methyl sites for hydroxylation is 1. The van der Waals surface area contributed by atoms with Crippen LogP contribution in [0.15, 0.2) is 18.2 Å². The molecule has 1 unspecified atom stereocenters. The second kappa shape index (κ2) is 6.55. The molecule has 1 aliphatic carbocycles. The molecule has 1 fully saturated rings. The molecule has 132 valence electrons. The van der Waals surface area contributed by atoms with Gasteiger partial charge in [-0.05, 0) is 37.8 Å².